The summed E-state index contributed by atoms with van der Waals surface area (Å²) in [7, 11) is 0. The molecule has 1 nitrogen and oxygen atoms in total. The van der Waals surface area contributed by atoms with Gasteiger partial charge in [0.15, 0.2) is 0 Å². The Morgan fingerprint density at radius 1 is 0.181 bits per heavy atom. The van der Waals surface area contributed by atoms with Crippen molar-refractivity contribution in [1.29, 1.82) is 0 Å². The van der Waals surface area contributed by atoms with Gasteiger partial charge in [0, 0.05) is 16.2 Å². The molecule has 0 radical (unpaired) electrons. The molecule has 0 saturated carbocycles. The summed E-state index contributed by atoms with van der Waals surface area (Å²) < 4.78 is 6.59. The summed E-state index contributed by atoms with van der Waals surface area (Å²) >= 11 is 0. The average Bonchev–Trinajstić information content (AvgIpc) is 3.31. The molecule has 0 fully saturated rings. The molecule has 17 rings (SSSR count). The summed E-state index contributed by atoms with van der Waals surface area (Å²) in [4.78, 5) is 0. The third kappa shape index (κ3) is 8.24. The van der Waals surface area contributed by atoms with Gasteiger partial charge in [-0.05, 0) is 167 Å². The van der Waals surface area contributed by atoms with Crippen LogP contribution in [0.2, 0.25) is 0 Å². The van der Waals surface area contributed by atoms with E-state index in [0.717, 1.165) is 21.9 Å². The SMILES string of the molecule is c1cc(-c2ccc3ccccc3c2)cc(-c2c3ccccc3c(-c3ccc4ccccc4c3)c3ccccc23)c1.c1ccc(-c2ccc(-c3c4ccccc4c(-c4cccc5oc6c7ccccc7ccc6c45)c4ccccc34)cc2)cc1. The Morgan fingerprint density at radius 2 is 0.542 bits per heavy atom. The molecule has 0 saturated heterocycles. The van der Waals surface area contributed by atoms with E-state index in [9.17, 15) is 0 Å². The highest BCUT2D eigenvalue weighted by Crippen LogP contribution is 2.49. The molecule has 1 heterocycles. The smallest absolute Gasteiger partial charge is 0.143 e. The van der Waals surface area contributed by atoms with Crippen LogP contribution in [-0.2, 0) is 0 Å². The van der Waals surface area contributed by atoms with Gasteiger partial charge in [-0.3, -0.25) is 0 Å². The number of benzene rings is 16. The second-order valence-corrected chi connectivity index (χ2v) is 21.8. The van der Waals surface area contributed by atoms with E-state index in [1.807, 2.05) is 0 Å². The summed E-state index contributed by atoms with van der Waals surface area (Å²) in [6.07, 6.45) is 0. The first kappa shape index (κ1) is 48.1. The number of furan rings is 1. The highest BCUT2D eigenvalue weighted by molar-refractivity contribution is 6.27. The average molecular weight is 1050 g/mol. The molecular formula is C82H52O. The van der Waals surface area contributed by atoms with Crippen molar-refractivity contribution < 1.29 is 4.42 Å². The fourth-order valence-electron chi connectivity index (χ4n) is 13.3. The lowest BCUT2D eigenvalue weighted by molar-refractivity contribution is 0.673. The molecule has 0 amide bonds. The summed E-state index contributed by atoms with van der Waals surface area (Å²) in [5.74, 6) is 0. The van der Waals surface area contributed by atoms with E-state index in [1.165, 1.54) is 142 Å². The Bertz CT molecular complexity index is 5260. The number of fused-ring (bicyclic) bond motifs is 11. The molecule has 386 valence electrons. The largest absolute Gasteiger partial charge is 0.455 e. The standard InChI is InChI=1S/C42H26O.C40H26/c1-2-11-27(12-3-1)28-21-23-30(24-22-28)39-32-15-6-8-17-34(32)40(35-18-9-7-16-33(35)39)36-19-10-20-38-41(36)37-26-25-29-13-4-5-14-31(29)42(37)43-38;1-3-12-29-24-32(22-20-27(29)10-1)31-14-9-15-33(26-31)39-35-16-5-7-18-37(35)40(38-19-8-6-17-36(38)39)34-23-21-28-11-2-4-13-30(28)25-34/h1-26H;1-26H. The molecule has 0 atom stereocenters. The van der Waals surface area contributed by atoms with Gasteiger partial charge in [-0.1, -0.05) is 285 Å². The first-order valence-electron chi connectivity index (χ1n) is 28.6. The normalized spacial score (nSPS) is 11.6. The van der Waals surface area contributed by atoms with Crippen LogP contribution < -0.4 is 0 Å². The zero-order chi connectivity index (χ0) is 54.8. The van der Waals surface area contributed by atoms with Crippen molar-refractivity contribution in [2.24, 2.45) is 0 Å². The van der Waals surface area contributed by atoms with Gasteiger partial charge in [-0.25, -0.2) is 0 Å². The van der Waals surface area contributed by atoms with Crippen LogP contribution >= 0.6 is 0 Å². The van der Waals surface area contributed by atoms with Crippen molar-refractivity contribution in [2.45, 2.75) is 0 Å². The van der Waals surface area contributed by atoms with Crippen LogP contribution in [0.15, 0.2) is 320 Å². The van der Waals surface area contributed by atoms with Crippen LogP contribution in [0.4, 0.5) is 0 Å². The van der Waals surface area contributed by atoms with Crippen molar-refractivity contribution in [3.8, 4) is 66.8 Å². The van der Waals surface area contributed by atoms with Gasteiger partial charge in [0.2, 0.25) is 0 Å². The first-order chi connectivity index (χ1) is 41.2. The minimum atomic E-state index is 0.914. The van der Waals surface area contributed by atoms with Gasteiger partial charge in [-0.2, -0.15) is 0 Å². The molecule has 1 heteroatoms. The van der Waals surface area contributed by atoms with Gasteiger partial charge in [0.1, 0.15) is 11.2 Å². The second-order valence-electron chi connectivity index (χ2n) is 21.8. The van der Waals surface area contributed by atoms with E-state index in [1.54, 1.807) is 0 Å². The zero-order valence-electron chi connectivity index (χ0n) is 45.4. The molecule has 0 aliphatic rings. The lowest BCUT2D eigenvalue weighted by Crippen LogP contribution is -1.91. The van der Waals surface area contributed by atoms with Gasteiger partial charge >= 0.3 is 0 Å². The molecule has 0 spiro atoms. The van der Waals surface area contributed by atoms with E-state index >= 15 is 0 Å². The van der Waals surface area contributed by atoms with Crippen LogP contribution in [0.25, 0.3) is 164 Å². The lowest BCUT2D eigenvalue weighted by atomic mass is 9.84. The van der Waals surface area contributed by atoms with E-state index in [-0.39, 0.29) is 0 Å². The minimum absolute atomic E-state index is 0.914. The van der Waals surface area contributed by atoms with Crippen LogP contribution in [0.3, 0.4) is 0 Å². The summed E-state index contributed by atoms with van der Waals surface area (Å²) in [6, 6.07) is 114. The summed E-state index contributed by atoms with van der Waals surface area (Å²) in [6.45, 7) is 0. The maximum atomic E-state index is 6.59. The van der Waals surface area contributed by atoms with Crippen LogP contribution in [0, 0.1) is 0 Å². The fourth-order valence-corrected chi connectivity index (χ4v) is 13.3. The van der Waals surface area contributed by atoms with Gasteiger partial charge in [0.05, 0.1) is 0 Å². The second kappa shape index (κ2) is 20.0. The highest BCUT2D eigenvalue weighted by Gasteiger charge is 2.22. The van der Waals surface area contributed by atoms with Crippen molar-refractivity contribution in [1.82, 2.24) is 0 Å². The first-order valence-corrected chi connectivity index (χ1v) is 28.6. The maximum absolute atomic E-state index is 6.59. The van der Waals surface area contributed by atoms with Crippen LogP contribution in [-0.4, -0.2) is 0 Å². The Hall–Kier alpha value is -10.9. The molecule has 0 aliphatic carbocycles. The third-order valence-corrected chi connectivity index (χ3v) is 17.1. The molecular weight excluding hydrogens is 1000 g/mol. The van der Waals surface area contributed by atoms with Gasteiger partial charge in [0.25, 0.3) is 0 Å². The molecule has 0 N–H and O–H groups in total. The molecule has 0 aliphatic heterocycles. The predicted octanol–water partition coefficient (Wildman–Crippen LogP) is 23.3. The van der Waals surface area contributed by atoms with E-state index in [2.05, 4.69) is 315 Å². The Morgan fingerprint density at radius 3 is 1.12 bits per heavy atom. The van der Waals surface area contributed by atoms with Gasteiger partial charge < -0.3 is 4.42 Å². The highest BCUT2D eigenvalue weighted by atomic mass is 16.3. The van der Waals surface area contributed by atoms with Crippen LogP contribution in [0.1, 0.15) is 0 Å². The monoisotopic (exact) mass is 1050 g/mol. The molecule has 17 aromatic rings. The van der Waals surface area contributed by atoms with Crippen molar-refractivity contribution in [3.63, 3.8) is 0 Å². The van der Waals surface area contributed by atoms with E-state index in [0.29, 0.717) is 0 Å². The minimum Gasteiger partial charge on any atom is -0.455 e. The Labute approximate surface area is 481 Å². The summed E-state index contributed by atoms with van der Waals surface area (Å²) in [5.41, 5.74) is 16.8. The van der Waals surface area contributed by atoms with Crippen LogP contribution in [0.5, 0.6) is 0 Å². The molecule has 0 unspecified atom stereocenters. The van der Waals surface area contributed by atoms with Crippen molar-refractivity contribution >= 4 is 97.3 Å². The molecule has 0 bridgehead atoms. The van der Waals surface area contributed by atoms with E-state index in [4.69, 9.17) is 4.42 Å². The quantitative estimate of drug-likeness (QED) is 0.151. The Balaban J connectivity index is 0.000000137. The Kier molecular flexibility index (Phi) is 11.6. The summed E-state index contributed by atoms with van der Waals surface area (Å²) in [5, 5.41) is 19.8. The molecule has 16 aromatic carbocycles. The van der Waals surface area contributed by atoms with Crippen molar-refractivity contribution in [3.05, 3.63) is 315 Å². The molecule has 83 heavy (non-hydrogen) atoms. The topological polar surface area (TPSA) is 13.1 Å². The van der Waals surface area contributed by atoms with Crippen molar-refractivity contribution in [2.75, 3.05) is 0 Å². The predicted molar refractivity (Wildman–Crippen MR) is 355 cm³/mol. The number of rotatable bonds is 6. The van der Waals surface area contributed by atoms with Gasteiger partial charge in [-0.15, -0.1) is 0 Å². The fraction of sp³-hybridized carbons (Fsp3) is 0. The maximum Gasteiger partial charge on any atom is 0.143 e. The third-order valence-electron chi connectivity index (χ3n) is 17.1. The molecule has 1 aromatic heterocycles. The number of hydrogen-bond acceptors (Lipinski definition) is 1. The lowest BCUT2D eigenvalue weighted by Gasteiger charge is -2.18. The van der Waals surface area contributed by atoms with E-state index < -0.39 is 0 Å². The zero-order valence-corrected chi connectivity index (χ0v) is 45.4. The number of hydrogen-bond donors (Lipinski definition) is 0.